The highest BCUT2D eigenvalue weighted by Gasteiger charge is 2.22. The summed E-state index contributed by atoms with van der Waals surface area (Å²) >= 11 is 0. The van der Waals surface area contributed by atoms with Gasteiger partial charge in [-0.15, -0.1) is 0 Å². The van der Waals surface area contributed by atoms with Crippen LogP contribution in [0.3, 0.4) is 0 Å². The average Bonchev–Trinajstić information content (AvgIpc) is 2.94. The van der Waals surface area contributed by atoms with E-state index in [9.17, 15) is 4.79 Å². The Hall–Kier alpha value is -2.59. The number of aryl methyl sites for hydroxylation is 2. The molecule has 140 valence electrons. The zero-order valence-electron chi connectivity index (χ0n) is 16.2. The van der Waals surface area contributed by atoms with Crippen molar-refractivity contribution in [1.82, 2.24) is 14.8 Å². The molecular formula is C23H27N3O. The molecule has 1 aromatic heterocycles. The van der Waals surface area contributed by atoms with Crippen molar-refractivity contribution < 1.29 is 4.79 Å². The molecule has 4 heteroatoms. The lowest BCUT2D eigenvalue weighted by atomic mass is 10.1. The molecule has 1 aliphatic rings. The van der Waals surface area contributed by atoms with Crippen molar-refractivity contribution in [3.8, 4) is 0 Å². The van der Waals surface area contributed by atoms with Crippen LogP contribution < -0.4 is 0 Å². The first-order valence-electron chi connectivity index (χ1n) is 9.76. The number of aromatic amines is 1. The van der Waals surface area contributed by atoms with Crippen molar-refractivity contribution in [3.63, 3.8) is 0 Å². The van der Waals surface area contributed by atoms with Gasteiger partial charge in [-0.25, -0.2) is 0 Å². The SMILES string of the molecule is Cc1ccc2cc(C(=O)N3CCCN(Cc4ccccc4C)CC3)[nH]c2c1. The molecule has 0 unspecified atom stereocenters. The fraction of sp³-hybridized carbons (Fsp3) is 0.348. The van der Waals surface area contributed by atoms with E-state index in [0.717, 1.165) is 50.0 Å². The van der Waals surface area contributed by atoms with Gasteiger partial charge < -0.3 is 9.88 Å². The minimum atomic E-state index is 0.113. The van der Waals surface area contributed by atoms with Gasteiger partial charge in [0.2, 0.25) is 0 Å². The molecule has 0 spiro atoms. The number of carbonyl (C=O) groups excluding carboxylic acids is 1. The van der Waals surface area contributed by atoms with Gasteiger partial charge in [-0.05, 0) is 49.1 Å². The third-order valence-electron chi connectivity index (χ3n) is 5.54. The maximum atomic E-state index is 13.0. The van der Waals surface area contributed by atoms with Gasteiger partial charge in [0.05, 0.1) is 0 Å². The van der Waals surface area contributed by atoms with Gasteiger partial charge in [-0.3, -0.25) is 9.69 Å². The summed E-state index contributed by atoms with van der Waals surface area (Å²) in [5, 5.41) is 1.10. The molecule has 0 bridgehead atoms. The summed E-state index contributed by atoms with van der Waals surface area (Å²) in [6.07, 6.45) is 1.01. The second-order valence-corrected chi connectivity index (χ2v) is 7.62. The summed E-state index contributed by atoms with van der Waals surface area (Å²) in [6, 6.07) is 16.8. The molecule has 4 nitrogen and oxygen atoms in total. The molecule has 0 saturated carbocycles. The predicted octanol–water partition coefficient (Wildman–Crippen LogP) is 4.13. The monoisotopic (exact) mass is 361 g/mol. The lowest BCUT2D eigenvalue weighted by Gasteiger charge is -2.22. The quantitative estimate of drug-likeness (QED) is 0.762. The third-order valence-corrected chi connectivity index (χ3v) is 5.54. The number of benzene rings is 2. The molecule has 27 heavy (non-hydrogen) atoms. The van der Waals surface area contributed by atoms with Crippen molar-refractivity contribution in [2.75, 3.05) is 26.2 Å². The highest BCUT2D eigenvalue weighted by Crippen LogP contribution is 2.19. The van der Waals surface area contributed by atoms with Gasteiger partial charge in [0.25, 0.3) is 5.91 Å². The Kier molecular flexibility index (Phi) is 4.99. The van der Waals surface area contributed by atoms with Gasteiger partial charge in [0, 0.05) is 43.6 Å². The van der Waals surface area contributed by atoms with Gasteiger partial charge in [0.15, 0.2) is 0 Å². The van der Waals surface area contributed by atoms with Gasteiger partial charge in [-0.2, -0.15) is 0 Å². The number of H-pyrrole nitrogens is 1. The Balaban J connectivity index is 1.44. The lowest BCUT2D eigenvalue weighted by molar-refractivity contribution is 0.0756. The van der Waals surface area contributed by atoms with Crippen molar-refractivity contribution in [2.24, 2.45) is 0 Å². The number of hydrogen-bond acceptors (Lipinski definition) is 2. The lowest BCUT2D eigenvalue weighted by Crippen LogP contribution is -2.35. The van der Waals surface area contributed by atoms with E-state index >= 15 is 0 Å². The standard InChI is InChI=1S/C23H27N3O/c1-17-8-9-19-15-22(24-21(19)14-17)23(27)26-11-5-10-25(12-13-26)16-20-7-4-3-6-18(20)2/h3-4,6-9,14-15,24H,5,10-13,16H2,1-2H3. The molecule has 0 atom stereocenters. The number of hydrogen-bond donors (Lipinski definition) is 1. The minimum absolute atomic E-state index is 0.113. The third kappa shape index (κ3) is 3.91. The van der Waals surface area contributed by atoms with E-state index in [2.05, 4.69) is 66.2 Å². The Morgan fingerprint density at radius 3 is 2.70 bits per heavy atom. The number of rotatable bonds is 3. The highest BCUT2D eigenvalue weighted by molar-refractivity contribution is 5.98. The van der Waals surface area contributed by atoms with E-state index in [4.69, 9.17) is 0 Å². The van der Waals surface area contributed by atoms with Crippen molar-refractivity contribution in [3.05, 3.63) is 70.9 Å². The number of fused-ring (bicyclic) bond motifs is 1. The molecule has 4 rings (SSSR count). The highest BCUT2D eigenvalue weighted by atomic mass is 16.2. The zero-order chi connectivity index (χ0) is 18.8. The summed E-state index contributed by atoms with van der Waals surface area (Å²) < 4.78 is 0. The van der Waals surface area contributed by atoms with Crippen LogP contribution in [0.2, 0.25) is 0 Å². The maximum Gasteiger partial charge on any atom is 0.270 e. The summed E-state index contributed by atoms with van der Waals surface area (Å²) in [4.78, 5) is 20.8. The normalized spacial score (nSPS) is 15.9. The van der Waals surface area contributed by atoms with Crippen molar-refractivity contribution in [1.29, 1.82) is 0 Å². The minimum Gasteiger partial charge on any atom is -0.351 e. The van der Waals surface area contributed by atoms with Crippen LogP contribution in [0.5, 0.6) is 0 Å². The fourth-order valence-electron chi connectivity index (χ4n) is 3.89. The number of nitrogens with zero attached hydrogens (tertiary/aromatic N) is 2. The van der Waals surface area contributed by atoms with Crippen molar-refractivity contribution >= 4 is 16.8 Å². The van der Waals surface area contributed by atoms with E-state index in [1.165, 1.54) is 16.7 Å². The van der Waals surface area contributed by atoms with Crippen LogP contribution in [0, 0.1) is 13.8 Å². The summed E-state index contributed by atoms with van der Waals surface area (Å²) in [6.45, 7) is 8.74. The van der Waals surface area contributed by atoms with Gasteiger partial charge in [-0.1, -0.05) is 36.4 Å². The van der Waals surface area contributed by atoms with E-state index in [1.54, 1.807) is 0 Å². The molecule has 0 radical (unpaired) electrons. The topological polar surface area (TPSA) is 39.3 Å². The van der Waals surface area contributed by atoms with Crippen LogP contribution in [0.25, 0.3) is 10.9 Å². The van der Waals surface area contributed by atoms with Crippen LogP contribution in [0.15, 0.2) is 48.5 Å². The number of carbonyl (C=O) groups is 1. The fourth-order valence-corrected chi connectivity index (χ4v) is 3.89. The smallest absolute Gasteiger partial charge is 0.270 e. The molecule has 1 amide bonds. The van der Waals surface area contributed by atoms with E-state index in [0.29, 0.717) is 5.69 Å². The Morgan fingerprint density at radius 2 is 1.85 bits per heavy atom. The summed E-state index contributed by atoms with van der Waals surface area (Å²) in [5.74, 6) is 0.113. The molecule has 2 aromatic carbocycles. The van der Waals surface area contributed by atoms with Crippen LogP contribution in [0.4, 0.5) is 0 Å². The molecular weight excluding hydrogens is 334 g/mol. The van der Waals surface area contributed by atoms with Gasteiger partial charge in [0.1, 0.15) is 5.69 Å². The largest absolute Gasteiger partial charge is 0.351 e. The van der Waals surface area contributed by atoms with Crippen molar-refractivity contribution in [2.45, 2.75) is 26.8 Å². The maximum absolute atomic E-state index is 13.0. The van der Waals surface area contributed by atoms with Crippen LogP contribution in [-0.2, 0) is 6.54 Å². The zero-order valence-corrected chi connectivity index (χ0v) is 16.2. The first-order valence-corrected chi connectivity index (χ1v) is 9.76. The number of aromatic nitrogens is 1. The first kappa shape index (κ1) is 17.8. The molecule has 3 aromatic rings. The summed E-state index contributed by atoms with van der Waals surface area (Å²) in [7, 11) is 0. The van der Waals surface area contributed by atoms with Gasteiger partial charge >= 0.3 is 0 Å². The second kappa shape index (κ2) is 7.57. The first-order chi connectivity index (χ1) is 13.1. The number of amides is 1. The van der Waals surface area contributed by atoms with Crippen LogP contribution in [-0.4, -0.2) is 46.9 Å². The second-order valence-electron chi connectivity index (χ2n) is 7.62. The van der Waals surface area contributed by atoms with Crippen LogP contribution >= 0.6 is 0 Å². The van der Waals surface area contributed by atoms with E-state index in [1.807, 2.05) is 11.0 Å². The number of nitrogens with one attached hydrogen (secondary N) is 1. The molecule has 1 aliphatic heterocycles. The molecule has 1 N–H and O–H groups in total. The summed E-state index contributed by atoms with van der Waals surface area (Å²) in [5.41, 5.74) is 5.65. The predicted molar refractivity (Wildman–Crippen MR) is 110 cm³/mol. The molecule has 0 aliphatic carbocycles. The van der Waals surface area contributed by atoms with E-state index in [-0.39, 0.29) is 5.91 Å². The van der Waals surface area contributed by atoms with E-state index < -0.39 is 0 Å². The Morgan fingerprint density at radius 1 is 1.00 bits per heavy atom. The molecule has 1 fully saturated rings. The Labute approximate surface area is 160 Å². The average molecular weight is 361 g/mol. The Bertz CT molecular complexity index is 959. The molecule has 2 heterocycles. The molecule has 1 saturated heterocycles. The van der Waals surface area contributed by atoms with Crippen LogP contribution in [0.1, 0.15) is 33.6 Å².